The highest BCUT2D eigenvalue weighted by atomic mass is 19.1. The van der Waals surface area contributed by atoms with Gasteiger partial charge in [-0.3, -0.25) is 19.2 Å². The monoisotopic (exact) mass is 503 g/mol. The Bertz CT molecular complexity index is 1130. The maximum Gasteiger partial charge on any atom is 0.311 e. The number of esters is 1. The van der Waals surface area contributed by atoms with E-state index in [9.17, 15) is 23.6 Å². The van der Waals surface area contributed by atoms with E-state index in [4.69, 9.17) is 9.47 Å². The van der Waals surface area contributed by atoms with Gasteiger partial charge in [-0.25, -0.2) is 9.37 Å². The zero-order valence-corrected chi connectivity index (χ0v) is 21.1. The molecule has 0 radical (unpaired) electrons. The van der Waals surface area contributed by atoms with Gasteiger partial charge in [0.1, 0.15) is 5.82 Å². The van der Waals surface area contributed by atoms with Gasteiger partial charge in [0.2, 0.25) is 5.75 Å². The Morgan fingerprint density at radius 3 is 2.19 bits per heavy atom. The van der Waals surface area contributed by atoms with Gasteiger partial charge < -0.3 is 25.0 Å². The highest BCUT2D eigenvalue weighted by Gasteiger charge is 2.34. The fraction of sp³-hybridized carbons (Fsp3) is 0.417. The summed E-state index contributed by atoms with van der Waals surface area (Å²) >= 11 is 0. The Balaban J connectivity index is 2.43. The van der Waals surface area contributed by atoms with E-state index in [1.165, 1.54) is 36.3 Å². The topological polar surface area (TPSA) is 140 Å². The summed E-state index contributed by atoms with van der Waals surface area (Å²) in [6.45, 7) is 8.44. The molecule has 0 saturated heterocycles. The maximum atomic E-state index is 13.2. The van der Waals surface area contributed by atoms with Gasteiger partial charge in [-0.05, 0) is 45.4 Å². The second-order valence-corrected chi connectivity index (χ2v) is 8.19. The minimum absolute atomic E-state index is 0.0266. The number of hydrogen-bond donors (Lipinski definition) is 2. The zero-order valence-electron chi connectivity index (χ0n) is 21.1. The van der Waals surface area contributed by atoms with Crippen LogP contribution in [0.1, 0.15) is 56.5 Å². The number of carbonyl (C=O) groups excluding carboxylic acids is 4. The van der Waals surface area contributed by atoms with Crippen LogP contribution in [-0.2, 0) is 26.5 Å². The summed E-state index contributed by atoms with van der Waals surface area (Å²) in [6.07, 6.45) is 0. The number of likely N-dealkylation sites (N-methyl/N-ethyl adjacent to an activating group) is 1. The van der Waals surface area contributed by atoms with Crippen molar-refractivity contribution in [1.82, 2.24) is 25.5 Å². The summed E-state index contributed by atoms with van der Waals surface area (Å²) in [4.78, 5) is 59.6. The first-order valence-corrected chi connectivity index (χ1v) is 11.2. The average Bonchev–Trinajstić information content (AvgIpc) is 2.83. The Kier molecular flexibility index (Phi) is 9.42. The van der Waals surface area contributed by atoms with Crippen molar-refractivity contribution in [2.75, 3.05) is 20.2 Å². The predicted octanol–water partition coefficient (Wildman–Crippen LogP) is 1.70. The average molecular weight is 504 g/mol. The van der Waals surface area contributed by atoms with Crippen LogP contribution in [-0.4, -0.2) is 58.8 Å². The first kappa shape index (κ1) is 28.1. The molecule has 0 fully saturated rings. The van der Waals surface area contributed by atoms with E-state index in [-0.39, 0.29) is 29.7 Å². The first-order chi connectivity index (χ1) is 16.9. The lowest BCUT2D eigenvalue weighted by Gasteiger charge is -2.27. The summed E-state index contributed by atoms with van der Waals surface area (Å²) in [5.74, 6) is -4.11. The third-order valence-electron chi connectivity index (χ3n) is 5.08. The first-order valence-electron chi connectivity index (χ1n) is 11.2. The fourth-order valence-electron chi connectivity index (χ4n) is 3.15. The van der Waals surface area contributed by atoms with Gasteiger partial charge in [-0.2, -0.15) is 4.98 Å². The molecule has 0 aliphatic rings. The number of benzene rings is 1. The summed E-state index contributed by atoms with van der Waals surface area (Å²) < 4.78 is 23.6. The lowest BCUT2D eigenvalue weighted by molar-refractivity contribution is -0.146. The van der Waals surface area contributed by atoms with Crippen LogP contribution in [0.3, 0.4) is 0 Å². The van der Waals surface area contributed by atoms with Crippen LogP contribution < -0.4 is 20.1 Å². The van der Waals surface area contributed by atoms with E-state index in [1.54, 1.807) is 27.7 Å². The molecule has 1 heterocycles. The Labute approximate surface area is 208 Å². The summed E-state index contributed by atoms with van der Waals surface area (Å²) in [7, 11) is 1.26. The molecule has 3 amide bonds. The lowest BCUT2D eigenvalue weighted by Crippen LogP contribution is -2.50. The van der Waals surface area contributed by atoms with E-state index in [0.29, 0.717) is 18.7 Å². The van der Waals surface area contributed by atoms with Crippen molar-refractivity contribution in [2.45, 2.75) is 46.7 Å². The largest absolute Gasteiger partial charge is 0.478 e. The standard InChI is InChI=1S/C24H30FN5O6/c1-7-30(8-2)22(34)20(33)29-24(4,5)23-27-17(18(36-14(3)31)21(28-23)35-6)19(32)26-13-15-9-11-16(25)12-10-15/h9-12H,7-8,13H2,1-6H3,(H,26,32)(H,29,33). The minimum atomic E-state index is -1.33. The van der Waals surface area contributed by atoms with Gasteiger partial charge in [-0.1, -0.05) is 12.1 Å². The molecular formula is C24H30FN5O6. The van der Waals surface area contributed by atoms with Crippen LogP contribution in [0.5, 0.6) is 11.6 Å². The number of carbonyl (C=O) groups is 4. The number of rotatable bonds is 9. The lowest BCUT2D eigenvalue weighted by atomic mass is 10.0. The summed E-state index contributed by atoms with van der Waals surface area (Å²) in [5.41, 5.74) is -1.04. The van der Waals surface area contributed by atoms with Gasteiger partial charge in [0, 0.05) is 26.6 Å². The van der Waals surface area contributed by atoms with Crippen LogP contribution >= 0.6 is 0 Å². The number of ether oxygens (including phenoxy) is 2. The van der Waals surface area contributed by atoms with Crippen molar-refractivity contribution in [3.8, 4) is 11.6 Å². The number of amides is 3. The number of nitrogens with zero attached hydrogens (tertiary/aromatic N) is 3. The predicted molar refractivity (Wildman–Crippen MR) is 127 cm³/mol. The molecule has 0 atom stereocenters. The fourth-order valence-corrected chi connectivity index (χ4v) is 3.15. The number of nitrogens with one attached hydrogen (secondary N) is 2. The van der Waals surface area contributed by atoms with E-state index in [2.05, 4.69) is 20.6 Å². The smallest absolute Gasteiger partial charge is 0.311 e. The number of halogens is 1. The van der Waals surface area contributed by atoms with E-state index in [0.717, 1.165) is 6.92 Å². The normalized spacial score (nSPS) is 10.9. The highest BCUT2D eigenvalue weighted by molar-refractivity contribution is 6.35. The molecule has 0 saturated carbocycles. The van der Waals surface area contributed by atoms with Crippen molar-refractivity contribution in [1.29, 1.82) is 0 Å². The molecular weight excluding hydrogens is 473 g/mol. The van der Waals surface area contributed by atoms with Crippen LogP contribution in [0.25, 0.3) is 0 Å². The minimum Gasteiger partial charge on any atom is -0.478 e. The Morgan fingerprint density at radius 1 is 1.06 bits per heavy atom. The summed E-state index contributed by atoms with van der Waals surface area (Å²) in [6, 6.07) is 5.50. The quantitative estimate of drug-likeness (QED) is 0.389. The molecule has 1 aromatic heterocycles. The van der Waals surface area contributed by atoms with Crippen LogP contribution in [0.4, 0.5) is 4.39 Å². The van der Waals surface area contributed by atoms with Gasteiger partial charge >= 0.3 is 17.8 Å². The Morgan fingerprint density at radius 2 is 1.67 bits per heavy atom. The third-order valence-corrected chi connectivity index (χ3v) is 5.08. The SMILES string of the molecule is CCN(CC)C(=O)C(=O)NC(C)(C)c1nc(OC)c(OC(C)=O)c(C(=O)NCc2ccc(F)cc2)n1. The number of hydrogen-bond acceptors (Lipinski definition) is 8. The highest BCUT2D eigenvalue weighted by Crippen LogP contribution is 2.31. The number of methoxy groups -OCH3 is 1. The molecule has 0 aliphatic heterocycles. The van der Waals surface area contributed by atoms with Crippen LogP contribution in [0, 0.1) is 5.82 Å². The summed E-state index contributed by atoms with van der Waals surface area (Å²) in [5, 5.41) is 5.20. The van der Waals surface area contributed by atoms with Gasteiger partial charge in [0.25, 0.3) is 11.8 Å². The van der Waals surface area contributed by atoms with Crippen molar-refractivity contribution in [3.63, 3.8) is 0 Å². The molecule has 194 valence electrons. The molecule has 0 bridgehead atoms. The Hall–Kier alpha value is -4.09. The molecule has 0 spiro atoms. The molecule has 11 nitrogen and oxygen atoms in total. The van der Waals surface area contributed by atoms with Crippen molar-refractivity contribution in [3.05, 3.63) is 47.2 Å². The molecule has 2 aromatic rings. The molecule has 1 aromatic carbocycles. The van der Waals surface area contributed by atoms with E-state index < -0.39 is 35.0 Å². The second kappa shape index (κ2) is 12.0. The van der Waals surface area contributed by atoms with Crippen molar-refractivity contribution < 1.29 is 33.0 Å². The van der Waals surface area contributed by atoms with Crippen molar-refractivity contribution >= 4 is 23.7 Å². The molecule has 0 unspecified atom stereocenters. The molecule has 36 heavy (non-hydrogen) atoms. The van der Waals surface area contributed by atoms with Gasteiger partial charge in [0.15, 0.2) is 11.5 Å². The van der Waals surface area contributed by atoms with Gasteiger partial charge in [0.05, 0.1) is 12.6 Å². The number of aromatic nitrogens is 2. The molecule has 2 N–H and O–H groups in total. The molecule has 12 heteroatoms. The third kappa shape index (κ3) is 6.96. The molecule has 0 aliphatic carbocycles. The van der Waals surface area contributed by atoms with E-state index in [1.807, 2.05) is 0 Å². The van der Waals surface area contributed by atoms with Gasteiger partial charge in [-0.15, -0.1) is 0 Å². The molecule has 2 rings (SSSR count). The van der Waals surface area contributed by atoms with Crippen LogP contribution in [0.2, 0.25) is 0 Å². The van der Waals surface area contributed by atoms with E-state index >= 15 is 0 Å². The zero-order chi connectivity index (χ0) is 27.0. The second-order valence-electron chi connectivity index (χ2n) is 8.19. The van der Waals surface area contributed by atoms with Crippen LogP contribution in [0.15, 0.2) is 24.3 Å². The van der Waals surface area contributed by atoms with Crippen molar-refractivity contribution in [2.24, 2.45) is 0 Å². The maximum absolute atomic E-state index is 13.2.